The number of para-hydroxylation sites is 1. The summed E-state index contributed by atoms with van der Waals surface area (Å²) in [5.74, 6) is -2.21. The van der Waals surface area contributed by atoms with Crippen LogP contribution in [0.4, 0.5) is 5.69 Å². The predicted molar refractivity (Wildman–Crippen MR) is 121 cm³/mol. The molecule has 4 heterocycles. The number of fused-ring (bicyclic) bond motifs is 2. The lowest BCUT2D eigenvalue weighted by molar-refractivity contribution is -0.145. The maximum Gasteiger partial charge on any atom is 0.296 e. The average molecular weight is 447 g/mol. The van der Waals surface area contributed by atoms with Gasteiger partial charge in [-0.2, -0.15) is 0 Å². The van der Waals surface area contributed by atoms with Crippen molar-refractivity contribution in [3.63, 3.8) is 0 Å². The molecule has 0 radical (unpaired) electrons. The van der Waals surface area contributed by atoms with Crippen LogP contribution in [0.1, 0.15) is 25.1 Å². The molecule has 2 N–H and O–H groups in total. The van der Waals surface area contributed by atoms with E-state index in [0.717, 1.165) is 11.3 Å². The number of aromatic amines is 1. The molecule has 9 heteroatoms. The molecule has 3 aliphatic heterocycles. The minimum absolute atomic E-state index is 0.125. The highest BCUT2D eigenvalue weighted by Crippen LogP contribution is 2.65. The average Bonchev–Trinajstić information content (AvgIpc) is 3.48. The molecule has 0 saturated carbocycles. The van der Waals surface area contributed by atoms with E-state index in [1.807, 2.05) is 44.2 Å². The molecule has 1 spiro atoms. The lowest BCUT2D eigenvalue weighted by atomic mass is 9.57. The largest absolute Gasteiger partial charge is 0.491 e. The zero-order valence-corrected chi connectivity index (χ0v) is 18.9. The van der Waals surface area contributed by atoms with Gasteiger partial charge in [-0.15, -0.1) is 6.58 Å². The quantitative estimate of drug-likeness (QED) is 0.540. The molecule has 3 aliphatic rings. The number of ether oxygens (including phenoxy) is 1. The second-order valence-corrected chi connectivity index (χ2v) is 8.74. The van der Waals surface area contributed by atoms with E-state index in [1.165, 1.54) is 25.4 Å². The van der Waals surface area contributed by atoms with E-state index in [9.17, 15) is 9.59 Å². The summed E-state index contributed by atoms with van der Waals surface area (Å²) in [6.07, 6.45) is 8.29. The predicted octanol–water partition coefficient (Wildman–Crippen LogP) is 2.44. The third-order valence-corrected chi connectivity index (χ3v) is 6.98. The number of hydrogen-bond acceptors (Lipinski definition) is 6. The first-order valence-electron chi connectivity index (χ1n) is 10.5. The number of aromatic nitrogens is 2. The molecular weight excluding hydrogens is 422 g/mol. The Labute approximate surface area is 191 Å². The Balaban J connectivity index is 1.92. The number of carbonyl (C=O) groups excluding carboxylic acids is 2. The van der Waals surface area contributed by atoms with Crippen LogP contribution in [0.25, 0.3) is 6.08 Å². The van der Waals surface area contributed by atoms with Gasteiger partial charge in [0, 0.05) is 5.41 Å². The van der Waals surface area contributed by atoms with Gasteiger partial charge in [-0.3, -0.25) is 19.3 Å². The van der Waals surface area contributed by atoms with Crippen molar-refractivity contribution in [2.75, 3.05) is 19.3 Å². The van der Waals surface area contributed by atoms with Crippen LogP contribution in [0, 0.1) is 5.41 Å². The normalized spacial score (nSPS) is 27.2. The van der Waals surface area contributed by atoms with Gasteiger partial charge < -0.3 is 15.0 Å². The number of imidazole rings is 1. The van der Waals surface area contributed by atoms with E-state index < -0.39 is 28.4 Å². The molecule has 2 aromatic rings. The number of H-pyrrole nitrogens is 1. The highest BCUT2D eigenvalue weighted by Gasteiger charge is 2.77. The molecule has 1 aromatic carbocycles. The minimum atomic E-state index is -1.44. The monoisotopic (exact) mass is 447 g/mol. The van der Waals surface area contributed by atoms with Crippen LogP contribution in [0.15, 0.2) is 67.0 Å². The van der Waals surface area contributed by atoms with Crippen molar-refractivity contribution >= 4 is 23.6 Å². The Morgan fingerprint density at radius 3 is 2.61 bits per heavy atom. The first-order chi connectivity index (χ1) is 15.8. The summed E-state index contributed by atoms with van der Waals surface area (Å²) >= 11 is 0. The Kier molecular flexibility index (Phi) is 4.35. The van der Waals surface area contributed by atoms with Gasteiger partial charge in [0.05, 0.1) is 43.5 Å². The summed E-state index contributed by atoms with van der Waals surface area (Å²) < 4.78 is 5.57. The summed E-state index contributed by atoms with van der Waals surface area (Å²) in [4.78, 5) is 41.6. The van der Waals surface area contributed by atoms with Gasteiger partial charge in [-0.1, -0.05) is 38.1 Å². The number of benzene rings is 1. The number of rotatable bonds is 5. The summed E-state index contributed by atoms with van der Waals surface area (Å²) in [5.41, 5.74) is 0.636. The van der Waals surface area contributed by atoms with Gasteiger partial charge in [0.1, 0.15) is 5.70 Å². The van der Waals surface area contributed by atoms with Crippen molar-refractivity contribution in [1.29, 1.82) is 0 Å². The van der Waals surface area contributed by atoms with Gasteiger partial charge >= 0.3 is 0 Å². The van der Waals surface area contributed by atoms with E-state index in [-0.39, 0.29) is 11.5 Å². The molecule has 33 heavy (non-hydrogen) atoms. The van der Waals surface area contributed by atoms with Gasteiger partial charge in [0.25, 0.3) is 11.8 Å². The fraction of sp³-hybridized carbons (Fsp3) is 0.292. The number of allylic oxidation sites excluding steroid dienone is 1. The Morgan fingerprint density at radius 2 is 1.97 bits per heavy atom. The van der Waals surface area contributed by atoms with Crippen LogP contribution >= 0.6 is 0 Å². The zero-order valence-electron chi connectivity index (χ0n) is 18.9. The van der Waals surface area contributed by atoms with Crippen molar-refractivity contribution in [3.8, 4) is 0 Å². The maximum absolute atomic E-state index is 13.8. The van der Waals surface area contributed by atoms with Crippen molar-refractivity contribution in [2.24, 2.45) is 5.41 Å². The second-order valence-electron chi connectivity index (χ2n) is 8.74. The first-order valence-corrected chi connectivity index (χ1v) is 10.5. The van der Waals surface area contributed by atoms with Crippen molar-refractivity contribution < 1.29 is 19.2 Å². The Bertz CT molecular complexity index is 1230. The third-order valence-electron chi connectivity index (χ3n) is 6.98. The van der Waals surface area contributed by atoms with Gasteiger partial charge in [-0.25, -0.2) is 10.0 Å². The molecule has 0 aliphatic carbocycles. The lowest BCUT2D eigenvalue weighted by Gasteiger charge is -2.56. The molecule has 5 rings (SSSR count). The van der Waals surface area contributed by atoms with E-state index in [1.54, 1.807) is 23.4 Å². The number of hydrogen-bond donors (Lipinski definition) is 2. The Hall–Kier alpha value is -3.85. The SMILES string of the molecule is C=CC(C)(C)[C@]12C=C(OC)C(=O)N3/C(=C\c4cnc[nH]4)C(=O)N[C@]31N(OC)c1ccccc12. The van der Waals surface area contributed by atoms with Crippen LogP contribution in [-0.4, -0.2) is 46.7 Å². The van der Waals surface area contributed by atoms with Gasteiger partial charge in [0.15, 0.2) is 5.76 Å². The highest BCUT2D eigenvalue weighted by molar-refractivity contribution is 6.10. The fourth-order valence-electron chi connectivity index (χ4n) is 5.42. The molecule has 0 unspecified atom stereocenters. The number of nitrogens with zero attached hydrogens (tertiary/aromatic N) is 3. The number of hydroxylamine groups is 1. The molecule has 9 nitrogen and oxygen atoms in total. The van der Waals surface area contributed by atoms with Crippen molar-refractivity contribution in [2.45, 2.75) is 25.0 Å². The molecule has 2 amide bonds. The minimum Gasteiger partial charge on any atom is -0.491 e. The number of carbonyl (C=O) groups is 2. The Morgan fingerprint density at radius 1 is 1.21 bits per heavy atom. The number of nitrogens with one attached hydrogen (secondary N) is 2. The lowest BCUT2D eigenvalue weighted by Crippen LogP contribution is -2.76. The van der Waals surface area contributed by atoms with Crippen LogP contribution in [0.3, 0.4) is 0 Å². The molecule has 1 aromatic heterocycles. The zero-order chi connectivity index (χ0) is 23.6. The second kappa shape index (κ2) is 6.82. The molecule has 1 fully saturated rings. The van der Waals surface area contributed by atoms with E-state index in [4.69, 9.17) is 9.57 Å². The van der Waals surface area contributed by atoms with Crippen LogP contribution in [0.5, 0.6) is 0 Å². The maximum atomic E-state index is 13.8. The van der Waals surface area contributed by atoms with Crippen molar-refractivity contribution in [1.82, 2.24) is 20.2 Å². The smallest absolute Gasteiger partial charge is 0.296 e. The highest BCUT2D eigenvalue weighted by atomic mass is 16.7. The van der Waals surface area contributed by atoms with Crippen LogP contribution in [-0.2, 0) is 24.6 Å². The van der Waals surface area contributed by atoms with Gasteiger partial charge in [-0.05, 0) is 23.8 Å². The fourth-order valence-corrected chi connectivity index (χ4v) is 5.42. The van der Waals surface area contributed by atoms with Crippen LogP contribution in [0.2, 0.25) is 0 Å². The number of amides is 2. The van der Waals surface area contributed by atoms with E-state index >= 15 is 0 Å². The summed E-state index contributed by atoms with van der Waals surface area (Å²) in [7, 11) is 2.97. The van der Waals surface area contributed by atoms with E-state index in [0.29, 0.717) is 5.69 Å². The topological polar surface area (TPSA) is 99.8 Å². The van der Waals surface area contributed by atoms with Crippen molar-refractivity contribution in [3.05, 3.63) is 78.2 Å². The standard InChI is InChI=1S/C24H25N5O4/c1-6-22(2,3)23-12-19(32-4)21(31)28-18(11-15-13-25-14-26-15)20(30)27-24(23,28)29(33-5)17-10-8-7-9-16(17)23/h6-14H,1H2,2-5H3,(H,25,26)(H,27,30)/b18-11-/t23-,24+/m1/s1. The molecular formula is C24H25N5O4. The van der Waals surface area contributed by atoms with Crippen LogP contribution < -0.4 is 10.4 Å². The number of anilines is 1. The molecule has 170 valence electrons. The van der Waals surface area contributed by atoms with Gasteiger partial charge in [0.2, 0.25) is 5.79 Å². The summed E-state index contributed by atoms with van der Waals surface area (Å²) in [5, 5.41) is 4.71. The number of methoxy groups -OCH3 is 1. The third kappa shape index (κ3) is 2.32. The molecule has 2 atom stereocenters. The van der Waals surface area contributed by atoms with E-state index in [2.05, 4.69) is 21.9 Å². The molecule has 0 bridgehead atoms. The molecule has 1 saturated heterocycles. The first kappa shape index (κ1) is 21.0. The summed E-state index contributed by atoms with van der Waals surface area (Å²) in [6.45, 7) is 8.12. The summed E-state index contributed by atoms with van der Waals surface area (Å²) in [6, 6.07) is 7.69.